The summed E-state index contributed by atoms with van der Waals surface area (Å²) in [5, 5.41) is 2.50. The molecule has 0 N–H and O–H groups in total. The summed E-state index contributed by atoms with van der Waals surface area (Å²) in [6.07, 6.45) is 3.18. The highest BCUT2D eigenvalue weighted by Gasteiger charge is 2.20. The molecule has 0 spiro atoms. The fourth-order valence-electron chi connectivity index (χ4n) is 4.49. The van der Waals surface area contributed by atoms with Crippen molar-refractivity contribution in [3.05, 3.63) is 66.2 Å². The van der Waals surface area contributed by atoms with Gasteiger partial charge in [-0.05, 0) is 35.6 Å². The van der Waals surface area contributed by atoms with Gasteiger partial charge in [0.1, 0.15) is 5.82 Å². The van der Waals surface area contributed by atoms with Gasteiger partial charge in [-0.25, -0.2) is 4.98 Å². The van der Waals surface area contributed by atoms with E-state index in [2.05, 4.69) is 77.4 Å². The molecular formula is C26H29N3O. The molecule has 0 atom stereocenters. The monoisotopic (exact) mass is 399 g/mol. The van der Waals surface area contributed by atoms with Crippen LogP contribution >= 0.6 is 0 Å². The molecular weight excluding hydrogens is 370 g/mol. The van der Waals surface area contributed by atoms with Crippen molar-refractivity contribution >= 4 is 22.2 Å². The molecule has 1 aromatic heterocycles. The van der Waals surface area contributed by atoms with Crippen molar-refractivity contribution in [2.75, 3.05) is 50.8 Å². The molecule has 3 aromatic rings. The molecule has 0 radical (unpaired) electrons. The molecule has 3 heterocycles. The summed E-state index contributed by atoms with van der Waals surface area (Å²) in [5.74, 6) is 1.12. The number of ether oxygens (including phenoxy) is 1. The zero-order valence-corrected chi connectivity index (χ0v) is 17.7. The molecule has 0 amide bonds. The van der Waals surface area contributed by atoms with Crippen molar-refractivity contribution in [3.63, 3.8) is 0 Å². The predicted octanol–water partition coefficient (Wildman–Crippen LogP) is 4.85. The van der Waals surface area contributed by atoms with Crippen molar-refractivity contribution in [1.29, 1.82) is 0 Å². The van der Waals surface area contributed by atoms with Crippen LogP contribution in [0.5, 0.6) is 0 Å². The fourth-order valence-corrected chi connectivity index (χ4v) is 4.49. The van der Waals surface area contributed by atoms with Crippen LogP contribution in [0.4, 0.5) is 5.82 Å². The van der Waals surface area contributed by atoms with Gasteiger partial charge in [-0.3, -0.25) is 0 Å². The van der Waals surface area contributed by atoms with Crippen LogP contribution in [0.1, 0.15) is 18.9 Å². The van der Waals surface area contributed by atoms with Crippen molar-refractivity contribution < 1.29 is 4.74 Å². The molecule has 0 bridgehead atoms. The first kappa shape index (κ1) is 19.3. The number of nitrogens with zero attached hydrogens (tertiary/aromatic N) is 3. The van der Waals surface area contributed by atoms with E-state index in [0.717, 1.165) is 63.9 Å². The van der Waals surface area contributed by atoms with E-state index >= 15 is 0 Å². The fraction of sp³-hybridized carbons (Fsp3) is 0.346. The Morgan fingerprint density at radius 1 is 0.933 bits per heavy atom. The molecule has 0 aliphatic carbocycles. The van der Waals surface area contributed by atoms with Gasteiger partial charge in [0.2, 0.25) is 0 Å². The molecule has 0 unspecified atom stereocenters. The lowest BCUT2D eigenvalue weighted by atomic mass is 9.99. The van der Waals surface area contributed by atoms with Crippen LogP contribution in [-0.2, 0) is 4.74 Å². The number of likely N-dealkylation sites (N-methyl/N-ethyl adjacent to an activating group) is 1. The first-order valence-corrected chi connectivity index (χ1v) is 11.1. The Bertz CT molecular complexity index is 1050. The van der Waals surface area contributed by atoms with Crippen molar-refractivity contribution in [1.82, 2.24) is 9.88 Å². The maximum absolute atomic E-state index is 5.45. The first-order valence-electron chi connectivity index (χ1n) is 11.1. The SMILES string of the molecule is CCN1CCN(c2nc(-c3ccc(C4=CCOCC4)cc3)cc3ccccc23)CC1. The second-order valence-corrected chi connectivity index (χ2v) is 8.11. The maximum atomic E-state index is 5.45. The van der Waals surface area contributed by atoms with Gasteiger partial charge >= 0.3 is 0 Å². The third-order valence-electron chi connectivity index (χ3n) is 6.35. The van der Waals surface area contributed by atoms with Crippen LogP contribution in [0.15, 0.2) is 60.7 Å². The summed E-state index contributed by atoms with van der Waals surface area (Å²) in [6.45, 7) is 9.16. The third-order valence-corrected chi connectivity index (χ3v) is 6.35. The molecule has 4 heteroatoms. The largest absolute Gasteiger partial charge is 0.377 e. The molecule has 2 aromatic carbocycles. The average Bonchev–Trinajstić information content (AvgIpc) is 2.84. The van der Waals surface area contributed by atoms with Gasteiger partial charge in [-0.1, -0.05) is 61.5 Å². The standard InChI is InChI=1S/C26H29N3O/c1-2-28-13-15-29(16-14-28)26-24-6-4-3-5-23(24)19-25(27-26)22-9-7-20(8-10-22)21-11-17-30-18-12-21/h3-11,19H,2,12-18H2,1H3. The average molecular weight is 400 g/mol. The summed E-state index contributed by atoms with van der Waals surface area (Å²) in [7, 11) is 0. The number of aromatic nitrogens is 1. The molecule has 4 nitrogen and oxygen atoms in total. The minimum absolute atomic E-state index is 0.720. The highest BCUT2D eigenvalue weighted by Crippen LogP contribution is 2.31. The Balaban J connectivity index is 1.50. The number of hydrogen-bond donors (Lipinski definition) is 0. The van der Waals surface area contributed by atoms with Gasteiger partial charge in [-0.2, -0.15) is 0 Å². The quantitative estimate of drug-likeness (QED) is 0.627. The molecule has 2 aliphatic heterocycles. The van der Waals surface area contributed by atoms with Gasteiger partial charge in [0.15, 0.2) is 0 Å². The van der Waals surface area contributed by atoms with E-state index in [1.807, 2.05) is 0 Å². The Morgan fingerprint density at radius 3 is 2.43 bits per heavy atom. The van der Waals surface area contributed by atoms with Crippen LogP contribution in [0.3, 0.4) is 0 Å². The lowest BCUT2D eigenvalue weighted by Gasteiger charge is -2.35. The van der Waals surface area contributed by atoms with Crippen LogP contribution < -0.4 is 4.90 Å². The van der Waals surface area contributed by atoms with Gasteiger partial charge in [0.05, 0.1) is 18.9 Å². The van der Waals surface area contributed by atoms with E-state index in [9.17, 15) is 0 Å². The number of hydrogen-bond acceptors (Lipinski definition) is 4. The summed E-state index contributed by atoms with van der Waals surface area (Å²) in [4.78, 5) is 10.1. The highest BCUT2D eigenvalue weighted by molar-refractivity contribution is 5.95. The Kier molecular flexibility index (Phi) is 5.52. The minimum atomic E-state index is 0.720. The number of rotatable bonds is 4. The Hall–Kier alpha value is -2.69. The van der Waals surface area contributed by atoms with Crippen molar-refractivity contribution in [3.8, 4) is 11.3 Å². The van der Waals surface area contributed by atoms with Crippen molar-refractivity contribution in [2.24, 2.45) is 0 Å². The van der Waals surface area contributed by atoms with Gasteiger partial charge < -0.3 is 14.5 Å². The van der Waals surface area contributed by atoms with E-state index in [1.54, 1.807) is 0 Å². The molecule has 1 saturated heterocycles. The van der Waals surface area contributed by atoms with E-state index in [1.165, 1.54) is 27.5 Å². The smallest absolute Gasteiger partial charge is 0.137 e. The Labute approximate surface area is 178 Å². The maximum Gasteiger partial charge on any atom is 0.137 e. The van der Waals surface area contributed by atoms with Crippen LogP contribution in [0.25, 0.3) is 27.6 Å². The molecule has 154 valence electrons. The Morgan fingerprint density at radius 2 is 1.70 bits per heavy atom. The summed E-state index contributed by atoms with van der Waals surface area (Å²) in [5.41, 5.74) is 4.90. The normalized spacial score (nSPS) is 17.9. The first-order chi connectivity index (χ1) is 14.8. The number of anilines is 1. The molecule has 0 saturated carbocycles. The second-order valence-electron chi connectivity index (χ2n) is 8.11. The topological polar surface area (TPSA) is 28.6 Å². The van der Waals surface area contributed by atoms with E-state index < -0.39 is 0 Å². The van der Waals surface area contributed by atoms with Gasteiger partial charge in [-0.15, -0.1) is 0 Å². The van der Waals surface area contributed by atoms with E-state index in [4.69, 9.17) is 9.72 Å². The molecule has 2 aliphatic rings. The number of pyridine rings is 1. The van der Waals surface area contributed by atoms with Crippen LogP contribution in [0.2, 0.25) is 0 Å². The van der Waals surface area contributed by atoms with E-state index in [0.29, 0.717) is 0 Å². The molecule has 5 rings (SSSR count). The zero-order chi connectivity index (χ0) is 20.3. The van der Waals surface area contributed by atoms with Crippen molar-refractivity contribution in [2.45, 2.75) is 13.3 Å². The molecule has 30 heavy (non-hydrogen) atoms. The van der Waals surface area contributed by atoms with E-state index in [-0.39, 0.29) is 0 Å². The summed E-state index contributed by atoms with van der Waals surface area (Å²) in [6, 6.07) is 19.7. The zero-order valence-electron chi connectivity index (χ0n) is 17.7. The van der Waals surface area contributed by atoms with Crippen LogP contribution in [0, 0.1) is 0 Å². The molecule has 1 fully saturated rings. The number of piperazine rings is 1. The number of fused-ring (bicyclic) bond motifs is 1. The van der Waals surface area contributed by atoms with Gasteiger partial charge in [0, 0.05) is 37.1 Å². The lowest BCUT2D eigenvalue weighted by Crippen LogP contribution is -2.46. The van der Waals surface area contributed by atoms with Gasteiger partial charge in [0.25, 0.3) is 0 Å². The van der Waals surface area contributed by atoms with Crippen LogP contribution in [-0.4, -0.2) is 55.8 Å². The predicted molar refractivity (Wildman–Crippen MR) is 125 cm³/mol. The number of benzene rings is 2. The minimum Gasteiger partial charge on any atom is -0.377 e. The summed E-state index contributed by atoms with van der Waals surface area (Å²) >= 11 is 0. The lowest BCUT2D eigenvalue weighted by molar-refractivity contribution is 0.161. The summed E-state index contributed by atoms with van der Waals surface area (Å²) < 4.78 is 5.45. The second kappa shape index (κ2) is 8.58. The third kappa shape index (κ3) is 3.85. The highest BCUT2D eigenvalue weighted by atomic mass is 16.5.